The van der Waals surface area contributed by atoms with Gasteiger partial charge in [-0.15, -0.1) is 11.3 Å². The highest BCUT2D eigenvalue weighted by Gasteiger charge is 2.19. The van der Waals surface area contributed by atoms with Crippen molar-refractivity contribution in [1.29, 1.82) is 0 Å². The number of thiazole rings is 1. The molecule has 1 aliphatic rings. The number of hydrogen-bond acceptors (Lipinski definition) is 3. The average molecular weight is 300 g/mol. The minimum absolute atomic E-state index is 0.293. The van der Waals surface area contributed by atoms with Crippen LogP contribution >= 0.6 is 11.3 Å². The van der Waals surface area contributed by atoms with Crippen LogP contribution in [0, 0.1) is 13.8 Å². The topological polar surface area (TPSA) is 33.2 Å². The second-order valence-corrected chi connectivity index (χ2v) is 6.62. The van der Waals surface area contributed by atoms with Gasteiger partial charge in [0, 0.05) is 36.9 Å². The summed E-state index contributed by atoms with van der Waals surface area (Å²) in [5.74, 6) is 0.293. The predicted molar refractivity (Wildman–Crippen MR) is 86.5 cm³/mol. The molecular formula is C17H20N2OS. The molecule has 21 heavy (non-hydrogen) atoms. The smallest absolute Gasteiger partial charge is 0.222 e. The number of benzene rings is 1. The Hall–Kier alpha value is -1.68. The van der Waals surface area contributed by atoms with Crippen LogP contribution in [0.1, 0.15) is 29.0 Å². The van der Waals surface area contributed by atoms with Crippen LogP contribution in [0.25, 0.3) is 11.3 Å². The maximum Gasteiger partial charge on any atom is 0.222 e. The van der Waals surface area contributed by atoms with Crippen molar-refractivity contribution in [2.45, 2.75) is 33.1 Å². The van der Waals surface area contributed by atoms with Gasteiger partial charge in [0.05, 0.1) is 10.7 Å². The SMILES string of the molecule is Cc1ccc(-c2csc(CCN3CCCC3=O)n2)c(C)c1. The number of aryl methyl sites for hydroxylation is 2. The Morgan fingerprint density at radius 1 is 1.33 bits per heavy atom. The fraction of sp³-hybridized carbons (Fsp3) is 0.412. The summed E-state index contributed by atoms with van der Waals surface area (Å²) in [7, 11) is 0. The molecule has 1 aliphatic heterocycles. The van der Waals surface area contributed by atoms with E-state index in [1.54, 1.807) is 11.3 Å². The van der Waals surface area contributed by atoms with E-state index in [1.165, 1.54) is 16.7 Å². The normalized spacial score (nSPS) is 15.0. The molecule has 3 rings (SSSR count). The van der Waals surface area contributed by atoms with E-state index in [1.807, 2.05) is 4.90 Å². The molecule has 1 aromatic carbocycles. The lowest BCUT2D eigenvalue weighted by Crippen LogP contribution is -2.26. The van der Waals surface area contributed by atoms with Gasteiger partial charge >= 0.3 is 0 Å². The Kier molecular flexibility index (Phi) is 4.06. The zero-order chi connectivity index (χ0) is 14.8. The van der Waals surface area contributed by atoms with Crippen molar-refractivity contribution in [3.8, 4) is 11.3 Å². The van der Waals surface area contributed by atoms with Crippen LogP contribution in [-0.4, -0.2) is 28.9 Å². The molecule has 0 unspecified atom stereocenters. The second kappa shape index (κ2) is 5.98. The summed E-state index contributed by atoms with van der Waals surface area (Å²) in [6, 6.07) is 6.47. The Bertz CT molecular complexity index is 663. The van der Waals surface area contributed by atoms with E-state index in [9.17, 15) is 4.79 Å². The fourth-order valence-corrected chi connectivity index (χ4v) is 3.61. The van der Waals surface area contributed by atoms with Crippen molar-refractivity contribution in [2.24, 2.45) is 0 Å². The highest BCUT2D eigenvalue weighted by atomic mass is 32.1. The zero-order valence-electron chi connectivity index (χ0n) is 12.6. The van der Waals surface area contributed by atoms with Crippen LogP contribution in [0.5, 0.6) is 0 Å². The van der Waals surface area contributed by atoms with E-state index in [-0.39, 0.29) is 0 Å². The van der Waals surface area contributed by atoms with Gasteiger partial charge in [0.25, 0.3) is 0 Å². The largest absolute Gasteiger partial charge is 0.342 e. The third kappa shape index (κ3) is 3.16. The van der Waals surface area contributed by atoms with Gasteiger partial charge < -0.3 is 4.90 Å². The molecule has 0 atom stereocenters. The maximum atomic E-state index is 11.6. The van der Waals surface area contributed by atoms with E-state index in [0.29, 0.717) is 12.3 Å². The van der Waals surface area contributed by atoms with Gasteiger partial charge in [0.15, 0.2) is 0 Å². The Morgan fingerprint density at radius 2 is 2.19 bits per heavy atom. The first kappa shape index (κ1) is 14.3. The van der Waals surface area contributed by atoms with Crippen LogP contribution in [0.4, 0.5) is 0 Å². The molecule has 0 N–H and O–H groups in total. The molecule has 0 radical (unpaired) electrons. The summed E-state index contributed by atoms with van der Waals surface area (Å²) in [6.07, 6.45) is 2.58. The summed E-state index contributed by atoms with van der Waals surface area (Å²) >= 11 is 1.69. The van der Waals surface area contributed by atoms with Crippen molar-refractivity contribution in [2.75, 3.05) is 13.1 Å². The van der Waals surface area contributed by atoms with Crippen molar-refractivity contribution >= 4 is 17.2 Å². The van der Waals surface area contributed by atoms with Crippen molar-refractivity contribution < 1.29 is 4.79 Å². The maximum absolute atomic E-state index is 11.6. The van der Waals surface area contributed by atoms with E-state index in [0.717, 1.165) is 36.6 Å². The quantitative estimate of drug-likeness (QED) is 0.864. The number of rotatable bonds is 4. The van der Waals surface area contributed by atoms with E-state index in [4.69, 9.17) is 4.98 Å². The van der Waals surface area contributed by atoms with Crippen LogP contribution in [0.2, 0.25) is 0 Å². The molecule has 1 fully saturated rings. The van der Waals surface area contributed by atoms with Crippen LogP contribution in [0.3, 0.4) is 0 Å². The molecule has 2 heterocycles. The molecule has 0 bridgehead atoms. The number of hydrogen-bond donors (Lipinski definition) is 0. The van der Waals surface area contributed by atoms with Gasteiger partial charge in [-0.1, -0.05) is 23.8 Å². The highest BCUT2D eigenvalue weighted by molar-refractivity contribution is 7.09. The minimum atomic E-state index is 0.293. The third-order valence-electron chi connectivity index (χ3n) is 3.98. The first-order valence-electron chi connectivity index (χ1n) is 7.43. The Morgan fingerprint density at radius 3 is 2.90 bits per heavy atom. The molecule has 1 saturated heterocycles. The van der Waals surface area contributed by atoms with Gasteiger partial charge in [-0.2, -0.15) is 0 Å². The van der Waals surface area contributed by atoms with Crippen molar-refractivity contribution in [3.05, 3.63) is 39.7 Å². The lowest BCUT2D eigenvalue weighted by atomic mass is 10.0. The molecule has 1 amide bonds. The summed E-state index contributed by atoms with van der Waals surface area (Å²) < 4.78 is 0. The van der Waals surface area contributed by atoms with Crippen LogP contribution < -0.4 is 0 Å². The number of likely N-dealkylation sites (tertiary alicyclic amines) is 1. The molecule has 1 aromatic heterocycles. The molecule has 0 aliphatic carbocycles. The summed E-state index contributed by atoms with van der Waals surface area (Å²) in [4.78, 5) is 18.3. The minimum Gasteiger partial charge on any atom is -0.342 e. The second-order valence-electron chi connectivity index (χ2n) is 5.68. The van der Waals surface area contributed by atoms with Crippen LogP contribution in [-0.2, 0) is 11.2 Å². The Balaban J connectivity index is 1.69. The molecule has 3 nitrogen and oxygen atoms in total. The lowest BCUT2D eigenvalue weighted by molar-refractivity contribution is -0.127. The Labute approximate surface area is 129 Å². The van der Waals surface area contributed by atoms with Gasteiger partial charge in [-0.05, 0) is 25.8 Å². The number of carbonyl (C=O) groups excluding carboxylic acids is 1. The summed E-state index contributed by atoms with van der Waals surface area (Å²) in [6.45, 7) is 5.95. The lowest BCUT2D eigenvalue weighted by Gasteiger charge is -2.13. The summed E-state index contributed by atoms with van der Waals surface area (Å²) in [5.41, 5.74) is 4.81. The van der Waals surface area contributed by atoms with Gasteiger partial charge in [0.2, 0.25) is 5.91 Å². The first-order chi connectivity index (χ1) is 10.1. The average Bonchev–Trinajstić information content (AvgIpc) is 3.05. The molecule has 2 aromatic rings. The van der Waals surface area contributed by atoms with Gasteiger partial charge in [-0.3, -0.25) is 4.79 Å². The van der Waals surface area contributed by atoms with Crippen LogP contribution in [0.15, 0.2) is 23.6 Å². The van der Waals surface area contributed by atoms with E-state index < -0.39 is 0 Å². The molecule has 110 valence electrons. The number of carbonyl (C=O) groups is 1. The number of amides is 1. The summed E-state index contributed by atoms with van der Waals surface area (Å²) in [5, 5.41) is 3.24. The number of nitrogens with zero attached hydrogens (tertiary/aromatic N) is 2. The zero-order valence-corrected chi connectivity index (χ0v) is 13.4. The molecule has 0 saturated carbocycles. The van der Waals surface area contributed by atoms with Crippen molar-refractivity contribution in [3.63, 3.8) is 0 Å². The predicted octanol–water partition coefficient (Wildman–Crippen LogP) is 3.59. The molecule has 0 spiro atoms. The van der Waals surface area contributed by atoms with Gasteiger partial charge in [0.1, 0.15) is 0 Å². The highest BCUT2D eigenvalue weighted by Crippen LogP contribution is 2.26. The van der Waals surface area contributed by atoms with Crippen molar-refractivity contribution in [1.82, 2.24) is 9.88 Å². The third-order valence-corrected chi connectivity index (χ3v) is 4.89. The monoisotopic (exact) mass is 300 g/mol. The van der Waals surface area contributed by atoms with E-state index in [2.05, 4.69) is 37.4 Å². The standard InChI is InChI=1S/C17H20N2OS/c1-12-5-6-14(13(2)10-12)15-11-21-16(18-15)7-9-19-8-3-4-17(19)20/h5-6,10-11H,3-4,7-9H2,1-2H3. The fourth-order valence-electron chi connectivity index (χ4n) is 2.82. The molecular weight excluding hydrogens is 280 g/mol. The molecule has 4 heteroatoms. The first-order valence-corrected chi connectivity index (χ1v) is 8.31. The van der Waals surface area contributed by atoms with Gasteiger partial charge in [-0.25, -0.2) is 4.98 Å². The van der Waals surface area contributed by atoms with E-state index >= 15 is 0 Å². The number of aromatic nitrogens is 1.